The maximum atomic E-state index is 6.09. The SMILES string of the molecule is C=C(C)C(NCCC)c1sccc1Cl. The fraction of sp³-hybridized carbons (Fsp3) is 0.455. The topological polar surface area (TPSA) is 12.0 Å². The second kappa shape index (κ2) is 5.54. The lowest BCUT2D eigenvalue weighted by Gasteiger charge is -2.17. The van der Waals surface area contributed by atoms with E-state index in [9.17, 15) is 0 Å². The number of hydrogen-bond donors (Lipinski definition) is 1. The van der Waals surface area contributed by atoms with Gasteiger partial charge in [-0.1, -0.05) is 30.7 Å². The minimum Gasteiger partial charge on any atom is -0.306 e. The van der Waals surface area contributed by atoms with E-state index in [1.54, 1.807) is 11.3 Å². The molecule has 1 aromatic rings. The predicted octanol–water partition coefficient (Wildman–Crippen LogP) is 4.02. The monoisotopic (exact) mass is 229 g/mol. The van der Waals surface area contributed by atoms with Crippen molar-refractivity contribution in [3.8, 4) is 0 Å². The molecule has 1 unspecified atom stereocenters. The molecule has 0 saturated carbocycles. The van der Waals surface area contributed by atoms with Crippen LogP contribution < -0.4 is 5.32 Å². The van der Waals surface area contributed by atoms with Crippen LogP contribution in [0.4, 0.5) is 0 Å². The summed E-state index contributed by atoms with van der Waals surface area (Å²) in [5.74, 6) is 0. The van der Waals surface area contributed by atoms with Gasteiger partial charge in [-0.15, -0.1) is 11.3 Å². The third kappa shape index (κ3) is 2.84. The normalized spacial score (nSPS) is 12.8. The smallest absolute Gasteiger partial charge is 0.0640 e. The van der Waals surface area contributed by atoms with Crippen molar-refractivity contribution < 1.29 is 0 Å². The van der Waals surface area contributed by atoms with Gasteiger partial charge in [-0.3, -0.25) is 0 Å². The first-order valence-corrected chi connectivity index (χ1v) is 6.04. The highest BCUT2D eigenvalue weighted by Gasteiger charge is 2.15. The van der Waals surface area contributed by atoms with Gasteiger partial charge >= 0.3 is 0 Å². The summed E-state index contributed by atoms with van der Waals surface area (Å²) in [6.45, 7) is 9.17. The average Bonchev–Trinajstić information content (AvgIpc) is 2.52. The minimum atomic E-state index is 0.211. The van der Waals surface area contributed by atoms with Crippen molar-refractivity contribution in [3.63, 3.8) is 0 Å². The molecule has 0 radical (unpaired) electrons. The Morgan fingerprint density at radius 3 is 2.86 bits per heavy atom. The molecule has 14 heavy (non-hydrogen) atoms. The van der Waals surface area contributed by atoms with Gasteiger partial charge in [0.25, 0.3) is 0 Å². The van der Waals surface area contributed by atoms with E-state index in [0.29, 0.717) is 0 Å². The summed E-state index contributed by atoms with van der Waals surface area (Å²) in [5.41, 5.74) is 1.11. The van der Waals surface area contributed by atoms with Crippen LogP contribution in [0.5, 0.6) is 0 Å². The summed E-state index contributed by atoms with van der Waals surface area (Å²) in [6, 6.07) is 2.15. The summed E-state index contributed by atoms with van der Waals surface area (Å²) in [5, 5.41) is 6.29. The van der Waals surface area contributed by atoms with Gasteiger partial charge < -0.3 is 5.32 Å². The van der Waals surface area contributed by atoms with Crippen molar-refractivity contribution in [3.05, 3.63) is 33.5 Å². The lowest BCUT2D eigenvalue weighted by molar-refractivity contribution is 0.598. The highest BCUT2D eigenvalue weighted by Crippen LogP contribution is 2.31. The van der Waals surface area contributed by atoms with Crippen LogP contribution in [0, 0.1) is 0 Å². The van der Waals surface area contributed by atoms with Crippen molar-refractivity contribution in [1.82, 2.24) is 5.32 Å². The first-order valence-electron chi connectivity index (χ1n) is 4.78. The highest BCUT2D eigenvalue weighted by atomic mass is 35.5. The molecule has 1 nitrogen and oxygen atoms in total. The fourth-order valence-corrected chi connectivity index (χ4v) is 2.62. The van der Waals surface area contributed by atoms with Crippen LogP contribution in [-0.4, -0.2) is 6.54 Å². The number of thiophene rings is 1. The van der Waals surface area contributed by atoms with Crippen LogP contribution in [0.1, 0.15) is 31.2 Å². The van der Waals surface area contributed by atoms with Crippen molar-refractivity contribution in [2.45, 2.75) is 26.3 Å². The zero-order valence-corrected chi connectivity index (χ0v) is 10.2. The molecule has 1 rings (SSSR count). The molecular formula is C11H16ClNS. The average molecular weight is 230 g/mol. The molecule has 0 aliphatic carbocycles. The van der Waals surface area contributed by atoms with Crippen molar-refractivity contribution >= 4 is 22.9 Å². The van der Waals surface area contributed by atoms with Gasteiger partial charge in [-0.25, -0.2) is 0 Å². The van der Waals surface area contributed by atoms with Crippen LogP contribution >= 0.6 is 22.9 Å². The van der Waals surface area contributed by atoms with Crippen LogP contribution in [-0.2, 0) is 0 Å². The lowest BCUT2D eigenvalue weighted by Crippen LogP contribution is -2.22. The van der Waals surface area contributed by atoms with E-state index >= 15 is 0 Å². The van der Waals surface area contributed by atoms with Gasteiger partial charge in [-0.2, -0.15) is 0 Å². The lowest BCUT2D eigenvalue weighted by atomic mass is 10.1. The van der Waals surface area contributed by atoms with Crippen molar-refractivity contribution in [2.75, 3.05) is 6.54 Å². The van der Waals surface area contributed by atoms with Gasteiger partial charge in [0.2, 0.25) is 0 Å². The Hall–Kier alpha value is -0.310. The second-order valence-corrected chi connectivity index (χ2v) is 4.72. The first kappa shape index (κ1) is 11.8. The van der Waals surface area contributed by atoms with E-state index < -0.39 is 0 Å². The number of halogens is 1. The Bertz CT molecular complexity index is 306. The largest absolute Gasteiger partial charge is 0.306 e. The number of hydrogen-bond acceptors (Lipinski definition) is 2. The maximum Gasteiger partial charge on any atom is 0.0640 e. The molecule has 0 fully saturated rings. The Kier molecular flexibility index (Phi) is 4.66. The van der Waals surface area contributed by atoms with Crippen LogP contribution in [0.15, 0.2) is 23.6 Å². The Morgan fingerprint density at radius 1 is 1.71 bits per heavy atom. The zero-order valence-electron chi connectivity index (χ0n) is 8.64. The molecule has 1 N–H and O–H groups in total. The summed E-state index contributed by atoms with van der Waals surface area (Å²) in [4.78, 5) is 1.17. The van der Waals surface area contributed by atoms with Crippen LogP contribution in [0.2, 0.25) is 5.02 Å². The molecule has 0 aliphatic heterocycles. The fourth-order valence-electron chi connectivity index (χ4n) is 1.29. The first-order chi connectivity index (χ1) is 6.66. The van der Waals surface area contributed by atoms with Crippen molar-refractivity contribution in [2.24, 2.45) is 0 Å². The van der Waals surface area contributed by atoms with E-state index in [1.807, 2.05) is 18.4 Å². The zero-order chi connectivity index (χ0) is 10.6. The quantitative estimate of drug-likeness (QED) is 0.753. The minimum absolute atomic E-state index is 0.211. The van der Waals surface area contributed by atoms with Crippen molar-refractivity contribution in [1.29, 1.82) is 0 Å². The molecule has 0 bridgehead atoms. The molecule has 0 aliphatic rings. The summed E-state index contributed by atoms with van der Waals surface area (Å²) in [7, 11) is 0. The van der Waals surface area contributed by atoms with Gasteiger partial charge in [0.15, 0.2) is 0 Å². The molecule has 1 heterocycles. The molecule has 0 amide bonds. The standard InChI is InChI=1S/C11H16ClNS/c1-4-6-13-10(8(2)3)11-9(12)5-7-14-11/h5,7,10,13H,2,4,6H2,1,3H3. The molecule has 0 spiro atoms. The maximum absolute atomic E-state index is 6.09. The summed E-state index contributed by atoms with van der Waals surface area (Å²) in [6.07, 6.45) is 1.12. The highest BCUT2D eigenvalue weighted by molar-refractivity contribution is 7.10. The number of rotatable bonds is 5. The third-order valence-corrected chi connectivity index (χ3v) is 3.42. The van der Waals surface area contributed by atoms with Crippen LogP contribution in [0.3, 0.4) is 0 Å². The van der Waals surface area contributed by atoms with Gasteiger partial charge in [0.05, 0.1) is 11.1 Å². The van der Waals surface area contributed by atoms with E-state index in [-0.39, 0.29) is 6.04 Å². The van der Waals surface area contributed by atoms with E-state index in [1.165, 1.54) is 4.88 Å². The molecular weight excluding hydrogens is 214 g/mol. The molecule has 1 atom stereocenters. The predicted molar refractivity (Wildman–Crippen MR) is 65.2 cm³/mol. The molecule has 0 saturated heterocycles. The number of nitrogens with one attached hydrogen (secondary N) is 1. The third-order valence-electron chi connectivity index (χ3n) is 2.00. The van der Waals surface area contributed by atoms with E-state index in [4.69, 9.17) is 11.6 Å². The molecule has 1 aromatic heterocycles. The van der Waals surface area contributed by atoms with E-state index in [2.05, 4.69) is 18.8 Å². The molecule has 0 aromatic carbocycles. The molecule has 78 valence electrons. The summed E-state index contributed by atoms with van der Waals surface area (Å²) < 4.78 is 0. The van der Waals surface area contributed by atoms with E-state index in [0.717, 1.165) is 23.6 Å². The van der Waals surface area contributed by atoms with Gasteiger partial charge in [0.1, 0.15) is 0 Å². The van der Waals surface area contributed by atoms with Gasteiger partial charge in [-0.05, 0) is 31.3 Å². The van der Waals surface area contributed by atoms with Gasteiger partial charge in [0, 0.05) is 4.88 Å². The second-order valence-electron chi connectivity index (χ2n) is 3.37. The summed E-state index contributed by atoms with van der Waals surface area (Å²) >= 11 is 7.77. The van der Waals surface area contributed by atoms with Crippen LogP contribution in [0.25, 0.3) is 0 Å². The Morgan fingerprint density at radius 2 is 2.43 bits per heavy atom. The molecule has 3 heteroatoms. The Labute approximate surface area is 94.8 Å². The Balaban J connectivity index is 2.78.